The van der Waals surface area contributed by atoms with Gasteiger partial charge >= 0.3 is 5.97 Å². The maximum absolute atomic E-state index is 10.2. The van der Waals surface area contributed by atoms with Gasteiger partial charge < -0.3 is 5.11 Å². The lowest BCUT2D eigenvalue weighted by Crippen LogP contribution is -1.97. The van der Waals surface area contributed by atoms with Crippen LogP contribution in [0.2, 0.25) is 0 Å². The van der Waals surface area contributed by atoms with Crippen LogP contribution in [0.1, 0.15) is 24.1 Å². The Morgan fingerprint density at radius 3 is 2.85 bits per heavy atom. The summed E-state index contributed by atoms with van der Waals surface area (Å²) in [5.41, 5.74) is 2.09. The zero-order valence-corrected chi connectivity index (χ0v) is 7.66. The maximum atomic E-state index is 10.2. The molecule has 0 saturated heterocycles. The largest absolute Gasteiger partial charge is 0.481 e. The smallest absolute Gasteiger partial charge is 0.303 e. The average Bonchev–Trinajstić information content (AvgIpc) is 2.08. The third kappa shape index (κ3) is 3.69. The van der Waals surface area contributed by atoms with Crippen molar-refractivity contribution in [1.82, 2.24) is 4.98 Å². The normalized spacial score (nSPS) is 9.92. The third-order valence-electron chi connectivity index (χ3n) is 1.80. The first-order chi connectivity index (χ1) is 6.18. The molecule has 1 aromatic rings. The second kappa shape index (κ2) is 4.60. The second-order valence-electron chi connectivity index (χ2n) is 3.07. The van der Waals surface area contributed by atoms with E-state index in [4.69, 9.17) is 5.11 Å². The van der Waals surface area contributed by atoms with Crippen LogP contribution in [0.3, 0.4) is 0 Å². The molecule has 13 heavy (non-hydrogen) atoms. The minimum atomic E-state index is -0.743. The van der Waals surface area contributed by atoms with Gasteiger partial charge in [-0.25, -0.2) is 0 Å². The Morgan fingerprint density at radius 1 is 1.54 bits per heavy atom. The fourth-order valence-corrected chi connectivity index (χ4v) is 1.07. The van der Waals surface area contributed by atoms with Crippen LogP contribution < -0.4 is 0 Å². The molecule has 1 heterocycles. The van der Waals surface area contributed by atoms with Gasteiger partial charge in [0.2, 0.25) is 0 Å². The van der Waals surface area contributed by atoms with E-state index in [1.165, 1.54) is 0 Å². The van der Waals surface area contributed by atoms with Crippen LogP contribution in [0.15, 0.2) is 18.3 Å². The zero-order chi connectivity index (χ0) is 9.68. The van der Waals surface area contributed by atoms with E-state index < -0.39 is 5.97 Å². The van der Waals surface area contributed by atoms with Gasteiger partial charge in [0.25, 0.3) is 0 Å². The number of carboxylic acid groups (broad SMARTS) is 1. The predicted molar refractivity (Wildman–Crippen MR) is 49.5 cm³/mol. The minimum Gasteiger partial charge on any atom is -0.481 e. The van der Waals surface area contributed by atoms with E-state index in [1.54, 1.807) is 6.20 Å². The molecule has 0 bridgehead atoms. The highest BCUT2D eigenvalue weighted by Gasteiger charge is 1.98. The lowest BCUT2D eigenvalue weighted by molar-refractivity contribution is -0.137. The molecule has 0 fully saturated rings. The van der Waals surface area contributed by atoms with Crippen molar-refractivity contribution in [2.75, 3.05) is 0 Å². The standard InChI is InChI=1S/C10H13NO2/c1-8-5-6-9(11-7-8)3-2-4-10(12)13/h5-7H,2-4H2,1H3,(H,12,13). The first kappa shape index (κ1) is 9.71. The lowest BCUT2D eigenvalue weighted by atomic mass is 10.1. The Bertz CT molecular complexity index is 279. The van der Waals surface area contributed by atoms with Crippen molar-refractivity contribution in [3.8, 4) is 0 Å². The summed E-state index contributed by atoms with van der Waals surface area (Å²) in [7, 11) is 0. The first-order valence-electron chi connectivity index (χ1n) is 4.32. The molecule has 0 aromatic carbocycles. The molecular formula is C10H13NO2. The topological polar surface area (TPSA) is 50.2 Å². The summed E-state index contributed by atoms with van der Waals surface area (Å²) < 4.78 is 0. The molecule has 70 valence electrons. The molecule has 0 aliphatic carbocycles. The van der Waals surface area contributed by atoms with Gasteiger partial charge in [0.1, 0.15) is 0 Å². The van der Waals surface area contributed by atoms with Crippen LogP contribution in [0, 0.1) is 6.92 Å². The quantitative estimate of drug-likeness (QED) is 0.766. The van der Waals surface area contributed by atoms with Gasteiger partial charge in [-0.15, -0.1) is 0 Å². The van der Waals surface area contributed by atoms with Gasteiger partial charge in [-0.1, -0.05) is 6.07 Å². The highest BCUT2D eigenvalue weighted by Crippen LogP contribution is 2.03. The number of carboxylic acids is 1. The van der Waals surface area contributed by atoms with Gasteiger partial charge in [-0.05, 0) is 31.4 Å². The van der Waals surface area contributed by atoms with Crippen molar-refractivity contribution < 1.29 is 9.90 Å². The second-order valence-corrected chi connectivity index (χ2v) is 3.07. The number of rotatable bonds is 4. The summed E-state index contributed by atoms with van der Waals surface area (Å²) in [6.07, 6.45) is 3.42. The molecule has 3 heteroatoms. The molecule has 0 saturated carbocycles. The van der Waals surface area contributed by atoms with E-state index in [2.05, 4.69) is 4.98 Å². The van der Waals surface area contributed by atoms with Crippen molar-refractivity contribution in [2.45, 2.75) is 26.2 Å². The Kier molecular flexibility index (Phi) is 3.43. The molecule has 0 amide bonds. The number of aryl methyl sites for hydroxylation is 2. The molecule has 0 aliphatic heterocycles. The summed E-state index contributed by atoms with van der Waals surface area (Å²) in [5, 5.41) is 8.42. The summed E-state index contributed by atoms with van der Waals surface area (Å²) in [6.45, 7) is 1.98. The Hall–Kier alpha value is -1.38. The van der Waals surface area contributed by atoms with Crippen LogP contribution in [0.5, 0.6) is 0 Å². The van der Waals surface area contributed by atoms with Gasteiger partial charge in [0, 0.05) is 18.3 Å². The van der Waals surface area contributed by atoms with E-state index >= 15 is 0 Å². The van der Waals surface area contributed by atoms with Crippen molar-refractivity contribution >= 4 is 5.97 Å². The number of hydrogen-bond donors (Lipinski definition) is 1. The summed E-state index contributed by atoms with van der Waals surface area (Å²) >= 11 is 0. The van der Waals surface area contributed by atoms with Gasteiger partial charge in [-0.2, -0.15) is 0 Å². The monoisotopic (exact) mass is 179 g/mol. The number of pyridine rings is 1. The summed E-state index contributed by atoms with van der Waals surface area (Å²) in [6, 6.07) is 3.93. The lowest BCUT2D eigenvalue weighted by Gasteiger charge is -1.98. The fourth-order valence-electron chi connectivity index (χ4n) is 1.07. The van der Waals surface area contributed by atoms with Crippen LogP contribution in [-0.4, -0.2) is 16.1 Å². The molecule has 1 aromatic heterocycles. The van der Waals surface area contributed by atoms with Crippen molar-refractivity contribution in [3.05, 3.63) is 29.6 Å². The van der Waals surface area contributed by atoms with Crippen molar-refractivity contribution in [1.29, 1.82) is 0 Å². The van der Waals surface area contributed by atoms with E-state index in [-0.39, 0.29) is 6.42 Å². The highest BCUT2D eigenvalue weighted by molar-refractivity contribution is 5.66. The molecule has 0 atom stereocenters. The maximum Gasteiger partial charge on any atom is 0.303 e. The Morgan fingerprint density at radius 2 is 2.31 bits per heavy atom. The summed E-state index contributed by atoms with van der Waals surface area (Å²) in [4.78, 5) is 14.4. The van der Waals surface area contributed by atoms with E-state index in [9.17, 15) is 4.79 Å². The number of carbonyl (C=O) groups is 1. The molecule has 3 nitrogen and oxygen atoms in total. The molecule has 0 spiro atoms. The van der Waals surface area contributed by atoms with E-state index in [0.717, 1.165) is 17.7 Å². The molecule has 1 N–H and O–H groups in total. The molecular weight excluding hydrogens is 166 g/mol. The van der Waals surface area contributed by atoms with Gasteiger partial charge in [0.15, 0.2) is 0 Å². The van der Waals surface area contributed by atoms with Gasteiger partial charge in [0.05, 0.1) is 0 Å². The zero-order valence-electron chi connectivity index (χ0n) is 7.66. The molecule has 0 unspecified atom stereocenters. The minimum absolute atomic E-state index is 0.218. The summed E-state index contributed by atoms with van der Waals surface area (Å²) in [5.74, 6) is -0.743. The van der Waals surface area contributed by atoms with Crippen LogP contribution >= 0.6 is 0 Å². The first-order valence-corrected chi connectivity index (χ1v) is 4.32. The number of hydrogen-bond acceptors (Lipinski definition) is 2. The van der Waals surface area contributed by atoms with Crippen LogP contribution in [0.25, 0.3) is 0 Å². The Balaban J connectivity index is 2.37. The molecule has 0 radical (unpaired) electrons. The average molecular weight is 179 g/mol. The number of aliphatic carboxylic acids is 1. The van der Waals surface area contributed by atoms with Crippen molar-refractivity contribution in [2.24, 2.45) is 0 Å². The molecule has 0 aliphatic rings. The van der Waals surface area contributed by atoms with Crippen molar-refractivity contribution in [3.63, 3.8) is 0 Å². The highest BCUT2D eigenvalue weighted by atomic mass is 16.4. The Labute approximate surface area is 77.4 Å². The predicted octanol–water partition coefficient (Wildman–Crippen LogP) is 1.80. The third-order valence-corrected chi connectivity index (χ3v) is 1.80. The van der Waals surface area contributed by atoms with E-state index in [1.807, 2.05) is 19.1 Å². The SMILES string of the molecule is Cc1ccc(CCCC(=O)O)nc1. The van der Waals surface area contributed by atoms with Crippen LogP contribution in [-0.2, 0) is 11.2 Å². The van der Waals surface area contributed by atoms with Gasteiger partial charge in [-0.3, -0.25) is 9.78 Å². The molecule has 1 rings (SSSR count). The fraction of sp³-hybridized carbons (Fsp3) is 0.400. The van der Waals surface area contributed by atoms with E-state index in [0.29, 0.717) is 6.42 Å². The van der Waals surface area contributed by atoms with Crippen LogP contribution in [0.4, 0.5) is 0 Å². The number of aromatic nitrogens is 1. The number of nitrogens with zero attached hydrogens (tertiary/aromatic N) is 1.